The molecule has 0 saturated carbocycles. The molecule has 32 heavy (non-hydrogen) atoms. The number of sulfonamides is 1. The number of pyridine rings is 1. The van der Waals surface area contributed by atoms with E-state index in [-0.39, 0.29) is 22.8 Å². The molecule has 0 fully saturated rings. The summed E-state index contributed by atoms with van der Waals surface area (Å²) in [6.45, 7) is 3.74. The second-order valence-electron chi connectivity index (χ2n) is 8.86. The van der Waals surface area contributed by atoms with Crippen molar-refractivity contribution in [2.75, 3.05) is 4.90 Å². The number of primary sulfonamides is 1. The van der Waals surface area contributed by atoms with E-state index in [2.05, 4.69) is 23.2 Å². The summed E-state index contributed by atoms with van der Waals surface area (Å²) < 4.78 is 24.1. The van der Waals surface area contributed by atoms with Gasteiger partial charge in [0.1, 0.15) is 0 Å². The number of aryl methyl sites for hydroxylation is 1. The lowest BCUT2D eigenvalue weighted by atomic mass is 10.0. The maximum absolute atomic E-state index is 13.6. The quantitative estimate of drug-likeness (QED) is 0.666. The van der Waals surface area contributed by atoms with Crippen molar-refractivity contribution < 1.29 is 13.2 Å². The van der Waals surface area contributed by atoms with E-state index in [4.69, 9.17) is 5.14 Å². The lowest BCUT2D eigenvalue weighted by Gasteiger charge is -2.26. The maximum atomic E-state index is 13.6. The molecule has 2 heterocycles. The van der Waals surface area contributed by atoms with E-state index in [0.717, 1.165) is 16.8 Å². The highest BCUT2D eigenvalue weighted by atomic mass is 32.2. The number of nitrogens with zero attached hydrogens (tertiary/aromatic N) is 2. The molecular weight excluding hydrogens is 422 g/mol. The molecule has 1 aliphatic carbocycles. The van der Waals surface area contributed by atoms with Crippen LogP contribution in [0.4, 0.5) is 5.69 Å². The minimum Gasteiger partial charge on any atom is -0.309 e. The first-order valence-corrected chi connectivity index (χ1v) is 12.3. The van der Waals surface area contributed by atoms with Gasteiger partial charge in [-0.15, -0.1) is 0 Å². The molecule has 2 atom stereocenters. The minimum absolute atomic E-state index is 0.0274. The molecule has 2 aromatic carbocycles. The van der Waals surface area contributed by atoms with E-state index in [1.54, 1.807) is 24.1 Å². The highest BCUT2D eigenvalue weighted by Gasteiger charge is 2.38. The van der Waals surface area contributed by atoms with Crippen LogP contribution in [0.3, 0.4) is 0 Å². The molecule has 0 spiro atoms. The van der Waals surface area contributed by atoms with Crippen molar-refractivity contribution in [3.63, 3.8) is 0 Å². The van der Waals surface area contributed by atoms with Crippen molar-refractivity contribution in [1.82, 2.24) is 4.98 Å². The summed E-state index contributed by atoms with van der Waals surface area (Å²) >= 11 is 0. The van der Waals surface area contributed by atoms with Gasteiger partial charge in [-0.1, -0.05) is 24.3 Å². The Bertz CT molecular complexity index is 1340. The van der Waals surface area contributed by atoms with Crippen LogP contribution in [0, 0.1) is 12.8 Å². The lowest BCUT2D eigenvalue weighted by Crippen LogP contribution is -2.40. The van der Waals surface area contributed by atoms with Gasteiger partial charge in [-0.2, -0.15) is 0 Å². The fourth-order valence-corrected chi connectivity index (χ4v) is 5.88. The summed E-state index contributed by atoms with van der Waals surface area (Å²) in [5.41, 5.74) is 6.59. The molecule has 1 amide bonds. The van der Waals surface area contributed by atoms with Crippen LogP contribution >= 0.6 is 0 Å². The Morgan fingerprint density at radius 1 is 1.03 bits per heavy atom. The molecule has 5 rings (SSSR count). The smallest absolute Gasteiger partial charge is 0.238 e. The molecule has 6 nitrogen and oxygen atoms in total. The van der Waals surface area contributed by atoms with Crippen LogP contribution in [0.2, 0.25) is 0 Å². The summed E-state index contributed by atoms with van der Waals surface area (Å²) in [6.07, 6.45) is 3.83. The van der Waals surface area contributed by atoms with E-state index < -0.39 is 10.0 Å². The van der Waals surface area contributed by atoms with E-state index >= 15 is 0 Å². The van der Waals surface area contributed by atoms with E-state index in [1.165, 1.54) is 11.1 Å². The predicted octanol–water partition coefficient (Wildman–Crippen LogP) is 3.40. The number of anilines is 1. The second-order valence-corrected chi connectivity index (χ2v) is 10.4. The van der Waals surface area contributed by atoms with Gasteiger partial charge in [0.2, 0.25) is 15.9 Å². The normalized spacial score (nSPS) is 19.7. The Morgan fingerprint density at radius 2 is 1.81 bits per heavy atom. The molecule has 7 heteroatoms. The highest BCUT2D eigenvalue weighted by Crippen LogP contribution is 2.39. The first kappa shape index (κ1) is 20.8. The molecule has 2 N–H and O–H groups in total. The number of rotatable bonds is 3. The topological polar surface area (TPSA) is 93.4 Å². The Hall–Kier alpha value is -3.03. The third-order valence-corrected chi connectivity index (χ3v) is 7.64. The Balaban J connectivity index is 1.44. The minimum atomic E-state index is -3.86. The average Bonchev–Trinajstić information content (AvgIpc) is 3.32. The highest BCUT2D eigenvalue weighted by molar-refractivity contribution is 7.89. The van der Waals surface area contributed by atoms with Crippen LogP contribution in [0.15, 0.2) is 59.6 Å². The molecule has 1 aromatic heterocycles. The zero-order valence-corrected chi connectivity index (χ0v) is 18.9. The summed E-state index contributed by atoms with van der Waals surface area (Å²) in [6, 6.07) is 15.5. The van der Waals surface area contributed by atoms with Gasteiger partial charge in [-0.05, 0) is 79.6 Å². The molecular formula is C25H25N3O3S. The van der Waals surface area contributed by atoms with Crippen LogP contribution in [0.25, 0.3) is 11.3 Å². The van der Waals surface area contributed by atoms with Gasteiger partial charge in [-0.3, -0.25) is 9.78 Å². The molecule has 0 bridgehead atoms. The van der Waals surface area contributed by atoms with Crippen LogP contribution in [0.1, 0.15) is 29.2 Å². The number of carbonyl (C=O) groups is 1. The van der Waals surface area contributed by atoms with Gasteiger partial charge in [-0.25, -0.2) is 13.6 Å². The van der Waals surface area contributed by atoms with E-state index in [0.29, 0.717) is 30.5 Å². The number of carbonyl (C=O) groups excluding carboxylic acids is 1. The summed E-state index contributed by atoms with van der Waals surface area (Å²) in [5, 5.41) is 5.41. The van der Waals surface area contributed by atoms with Crippen molar-refractivity contribution in [1.29, 1.82) is 0 Å². The molecule has 0 unspecified atom stereocenters. The van der Waals surface area contributed by atoms with E-state index in [9.17, 15) is 13.2 Å². The fourth-order valence-electron chi connectivity index (χ4n) is 5.10. The number of hydrogen-bond acceptors (Lipinski definition) is 4. The number of hydrogen-bond donors (Lipinski definition) is 1. The molecule has 1 aliphatic heterocycles. The van der Waals surface area contributed by atoms with E-state index in [1.807, 2.05) is 31.2 Å². The van der Waals surface area contributed by atoms with Gasteiger partial charge < -0.3 is 4.90 Å². The van der Waals surface area contributed by atoms with Crippen molar-refractivity contribution in [2.24, 2.45) is 11.1 Å². The second kappa shape index (κ2) is 7.53. The average molecular weight is 448 g/mol. The third-order valence-electron chi connectivity index (χ3n) is 6.58. The van der Waals surface area contributed by atoms with Crippen LogP contribution in [-0.4, -0.2) is 25.4 Å². The molecule has 2 aliphatic rings. The molecule has 164 valence electrons. The number of aromatic nitrogens is 1. The number of nitrogens with two attached hydrogens (primary N) is 1. The first-order chi connectivity index (χ1) is 15.2. The molecule has 0 saturated heterocycles. The van der Waals surface area contributed by atoms with Gasteiger partial charge in [0.15, 0.2) is 0 Å². The summed E-state index contributed by atoms with van der Waals surface area (Å²) in [5.74, 6) is -0.132. The number of amides is 1. The molecule has 0 radical (unpaired) electrons. The summed E-state index contributed by atoms with van der Waals surface area (Å²) in [7, 11) is -3.86. The zero-order chi connectivity index (χ0) is 22.6. The van der Waals surface area contributed by atoms with Crippen molar-refractivity contribution >= 4 is 21.6 Å². The Kier molecular flexibility index (Phi) is 4.91. The first-order valence-electron chi connectivity index (χ1n) is 10.7. The monoisotopic (exact) mass is 447 g/mol. The Morgan fingerprint density at radius 3 is 2.53 bits per heavy atom. The number of benzene rings is 2. The Labute approximate surface area is 188 Å². The van der Waals surface area contributed by atoms with Crippen LogP contribution in [-0.2, 0) is 34.1 Å². The fraction of sp³-hybridized carbons (Fsp3) is 0.280. The van der Waals surface area contributed by atoms with Crippen LogP contribution < -0.4 is 10.0 Å². The molecule has 3 aromatic rings. The number of fused-ring (bicyclic) bond motifs is 2. The van der Waals surface area contributed by atoms with Gasteiger partial charge in [0.05, 0.1) is 10.6 Å². The van der Waals surface area contributed by atoms with Crippen molar-refractivity contribution in [3.05, 3.63) is 77.0 Å². The summed E-state index contributed by atoms with van der Waals surface area (Å²) in [4.78, 5) is 19.9. The van der Waals surface area contributed by atoms with Gasteiger partial charge in [0, 0.05) is 29.4 Å². The standard InChI is InChI=1S/C25H25N3O3S/c1-15-9-20-10-16(2)28(23(20)14-24(15)32(26,30)31)25(29)21-11-17-6-7-18(12-19(17)13-21)22-5-3-4-8-27-22/h3-9,12,14,16,21H,10-11,13H2,1-2H3,(H2,26,30,31)/t16-,21-/m1/s1. The predicted molar refractivity (Wildman–Crippen MR) is 124 cm³/mol. The van der Waals surface area contributed by atoms with Gasteiger partial charge >= 0.3 is 0 Å². The van der Waals surface area contributed by atoms with Crippen molar-refractivity contribution in [2.45, 2.75) is 44.0 Å². The van der Waals surface area contributed by atoms with Crippen LogP contribution in [0.5, 0.6) is 0 Å². The third kappa shape index (κ3) is 3.51. The van der Waals surface area contributed by atoms with Crippen molar-refractivity contribution in [3.8, 4) is 11.3 Å². The largest absolute Gasteiger partial charge is 0.309 e. The van der Waals surface area contributed by atoms with Gasteiger partial charge in [0.25, 0.3) is 0 Å². The maximum Gasteiger partial charge on any atom is 0.238 e. The SMILES string of the molecule is Cc1cc2c(cc1S(N)(=O)=O)N(C(=O)[C@@H]1Cc3ccc(-c4ccccn4)cc3C1)[C@H](C)C2. The zero-order valence-electron chi connectivity index (χ0n) is 18.1. The lowest BCUT2D eigenvalue weighted by molar-refractivity contribution is -0.122.